The minimum atomic E-state index is -2.38. The van der Waals surface area contributed by atoms with Crippen LogP contribution in [0.3, 0.4) is 0 Å². The maximum absolute atomic E-state index is 10.2. The number of rotatable bonds is 3. The standard InChI is InChI=1S/C7H13O3P/c8-11(9)10-6-7-4-2-1-3-5-7/h7H,1-6H2/p+1. The molecule has 0 amide bonds. The summed E-state index contributed by atoms with van der Waals surface area (Å²) in [7, 11) is -2.38. The van der Waals surface area contributed by atoms with E-state index in [4.69, 9.17) is 4.89 Å². The molecule has 1 atom stereocenters. The van der Waals surface area contributed by atoms with E-state index in [1.54, 1.807) is 0 Å². The Bertz CT molecular complexity index is 132. The third-order valence-corrected chi connectivity index (χ3v) is 2.52. The molecule has 64 valence electrons. The van der Waals surface area contributed by atoms with Gasteiger partial charge in [0.2, 0.25) is 0 Å². The highest BCUT2D eigenvalue weighted by molar-refractivity contribution is 7.32. The first-order valence-corrected chi connectivity index (χ1v) is 5.21. The second-order valence-electron chi connectivity index (χ2n) is 3.04. The molecule has 1 saturated carbocycles. The molecule has 1 fully saturated rings. The summed E-state index contributed by atoms with van der Waals surface area (Å²) in [6.07, 6.45) is 6.11. The molecule has 0 radical (unpaired) electrons. The molecular weight excluding hydrogens is 163 g/mol. The zero-order valence-corrected chi connectivity index (χ0v) is 7.43. The van der Waals surface area contributed by atoms with Crippen molar-refractivity contribution >= 4 is 8.25 Å². The zero-order valence-electron chi connectivity index (χ0n) is 6.53. The van der Waals surface area contributed by atoms with Gasteiger partial charge in [-0.05, 0) is 18.8 Å². The van der Waals surface area contributed by atoms with Gasteiger partial charge in [0.25, 0.3) is 0 Å². The molecule has 4 heteroatoms. The van der Waals surface area contributed by atoms with E-state index in [-0.39, 0.29) is 0 Å². The molecule has 0 aromatic carbocycles. The highest BCUT2D eigenvalue weighted by atomic mass is 31.1. The highest BCUT2D eigenvalue weighted by Crippen LogP contribution is 2.26. The SMILES string of the molecule is O=[P+](O)OCC1CCCCC1. The van der Waals surface area contributed by atoms with Crippen molar-refractivity contribution in [3.63, 3.8) is 0 Å². The second-order valence-corrected chi connectivity index (χ2v) is 3.77. The van der Waals surface area contributed by atoms with E-state index < -0.39 is 8.25 Å². The monoisotopic (exact) mass is 177 g/mol. The zero-order chi connectivity index (χ0) is 8.10. The first-order chi connectivity index (χ1) is 5.29. The second kappa shape index (κ2) is 4.81. The minimum Gasteiger partial charge on any atom is -0.133 e. The minimum absolute atomic E-state index is 0.464. The molecule has 1 rings (SSSR count). The quantitative estimate of drug-likeness (QED) is 0.672. The lowest BCUT2D eigenvalue weighted by molar-refractivity contribution is 0.198. The lowest BCUT2D eigenvalue weighted by Crippen LogP contribution is -2.11. The van der Waals surface area contributed by atoms with Gasteiger partial charge in [0, 0.05) is 4.57 Å². The fraction of sp³-hybridized carbons (Fsp3) is 1.00. The van der Waals surface area contributed by atoms with E-state index in [9.17, 15) is 4.57 Å². The van der Waals surface area contributed by atoms with Gasteiger partial charge in [-0.25, -0.2) is 0 Å². The van der Waals surface area contributed by atoms with Crippen LogP contribution in [-0.4, -0.2) is 11.5 Å². The Hall–Kier alpha value is 0.0200. The van der Waals surface area contributed by atoms with Crippen molar-refractivity contribution in [2.45, 2.75) is 32.1 Å². The number of hydrogen-bond donors (Lipinski definition) is 1. The van der Waals surface area contributed by atoms with Gasteiger partial charge < -0.3 is 0 Å². The first-order valence-electron chi connectivity index (χ1n) is 4.08. The fourth-order valence-electron chi connectivity index (χ4n) is 1.52. The van der Waals surface area contributed by atoms with Crippen LogP contribution in [-0.2, 0) is 9.09 Å². The average Bonchev–Trinajstić information content (AvgIpc) is 2.03. The van der Waals surface area contributed by atoms with E-state index in [1.165, 1.54) is 19.3 Å². The summed E-state index contributed by atoms with van der Waals surface area (Å²) >= 11 is 0. The first kappa shape index (κ1) is 9.11. The van der Waals surface area contributed by atoms with Crippen LogP contribution in [0.1, 0.15) is 32.1 Å². The van der Waals surface area contributed by atoms with Gasteiger partial charge in [0.05, 0.1) is 0 Å². The van der Waals surface area contributed by atoms with Gasteiger partial charge in [0.15, 0.2) is 0 Å². The van der Waals surface area contributed by atoms with E-state index in [1.807, 2.05) is 0 Å². The topological polar surface area (TPSA) is 46.5 Å². The highest BCUT2D eigenvalue weighted by Gasteiger charge is 2.19. The van der Waals surface area contributed by atoms with Crippen LogP contribution in [0.2, 0.25) is 0 Å². The molecule has 1 aliphatic carbocycles. The van der Waals surface area contributed by atoms with Gasteiger partial charge in [-0.15, -0.1) is 9.42 Å². The smallest absolute Gasteiger partial charge is 0.133 e. The summed E-state index contributed by atoms with van der Waals surface area (Å²) in [6.45, 7) is 0.464. The lowest BCUT2D eigenvalue weighted by Gasteiger charge is -2.18. The summed E-state index contributed by atoms with van der Waals surface area (Å²) in [4.78, 5) is 8.37. The molecule has 0 spiro atoms. The van der Waals surface area contributed by atoms with Gasteiger partial charge >= 0.3 is 8.25 Å². The molecule has 0 saturated heterocycles. The predicted octanol–water partition coefficient (Wildman–Crippen LogP) is 2.23. The average molecular weight is 177 g/mol. The Balaban J connectivity index is 2.09. The largest absolute Gasteiger partial charge is 0.694 e. The third kappa shape index (κ3) is 3.80. The summed E-state index contributed by atoms with van der Waals surface area (Å²) in [5.74, 6) is 0.523. The van der Waals surface area contributed by atoms with Crippen LogP contribution >= 0.6 is 8.25 Å². The van der Waals surface area contributed by atoms with Crippen molar-refractivity contribution in [1.82, 2.24) is 0 Å². The van der Waals surface area contributed by atoms with Gasteiger partial charge in [-0.1, -0.05) is 19.3 Å². The van der Waals surface area contributed by atoms with Crippen molar-refractivity contribution < 1.29 is 14.0 Å². The molecule has 11 heavy (non-hydrogen) atoms. The van der Waals surface area contributed by atoms with Crippen LogP contribution in [0.25, 0.3) is 0 Å². The molecule has 3 nitrogen and oxygen atoms in total. The Morgan fingerprint density at radius 2 is 2.00 bits per heavy atom. The van der Waals surface area contributed by atoms with E-state index in [0.29, 0.717) is 12.5 Å². The maximum atomic E-state index is 10.2. The van der Waals surface area contributed by atoms with Crippen molar-refractivity contribution in [3.8, 4) is 0 Å². The van der Waals surface area contributed by atoms with E-state index >= 15 is 0 Å². The Labute approximate surface area is 67.7 Å². The summed E-state index contributed by atoms with van der Waals surface area (Å²) in [5, 5.41) is 0. The molecule has 0 aromatic heterocycles. The Morgan fingerprint density at radius 1 is 1.36 bits per heavy atom. The molecule has 0 aliphatic heterocycles. The van der Waals surface area contributed by atoms with Gasteiger partial charge in [0.1, 0.15) is 6.61 Å². The van der Waals surface area contributed by atoms with E-state index in [2.05, 4.69) is 4.52 Å². The van der Waals surface area contributed by atoms with Crippen molar-refractivity contribution in [3.05, 3.63) is 0 Å². The van der Waals surface area contributed by atoms with Crippen molar-refractivity contribution in [2.75, 3.05) is 6.61 Å². The molecule has 0 heterocycles. The van der Waals surface area contributed by atoms with Crippen LogP contribution in [0.15, 0.2) is 0 Å². The number of hydrogen-bond acceptors (Lipinski definition) is 2. The molecular formula is C7H14O3P+. The normalized spacial score (nSPS) is 21.7. The van der Waals surface area contributed by atoms with Crippen LogP contribution < -0.4 is 0 Å². The van der Waals surface area contributed by atoms with Crippen LogP contribution in [0, 0.1) is 5.92 Å². The van der Waals surface area contributed by atoms with Crippen LogP contribution in [0.4, 0.5) is 0 Å². The van der Waals surface area contributed by atoms with E-state index in [0.717, 1.165) is 12.8 Å². The summed E-state index contributed by atoms with van der Waals surface area (Å²) in [6, 6.07) is 0. The molecule has 0 aromatic rings. The van der Waals surface area contributed by atoms with Gasteiger partial charge in [-0.3, -0.25) is 0 Å². The molecule has 1 unspecified atom stereocenters. The molecule has 0 bridgehead atoms. The molecule has 1 N–H and O–H groups in total. The third-order valence-electron chi connectivity index (χ3n) is 2.15. The summed E-state index contributed by atoms with van der Waals surface area (Å²) in [5.41, 5.74) is 0. The summed E-state index contributed by atoms with van der Waals surface area (Å²) < 4.78 is 14.8. The van der Waals surface area contributed by atoms with Crippen molar-refractivity contribution in [1.29, 1.82) is 0 Å². The van der Waals surface area contributed by atoms with Crippen molar-refractivity contribution in [2.24, 2.45) is 5.92 Å². The predicted molar refractivity (Wildman–Crippen MR) is 42.4 cm³/mol. The molecule has 1 aliphatic rings. The maximum Gasteiger partial charge on any atom is 0.694 e. The lowest BCUT2D eigenvalue weighted by atomic mass is 9.90. The fourth-order valence-corrected chi connectivity index (χ4v) is 1.86. The van der Waals surface area contributed by atoms with Gasteiger partial charge in [-0.2, -0.15) is 0 Å². The Morgan fingerprint density at radius 3 is 2.55 bits per heavy atom. The Kier molecular flexibility index (Phi) is 3.98. The van der Waals surface area contributed by atoms with Crippen LogP contribution in [0.5, 0.6) is 0 Å².